The zero-order valence-corrected chi connectivity index (χ0v) is 12.8. The van der Waals surface area contributed by atoms with Crippen molar-refractivity contribution in [1.82, 2.24) is 9.78 Å². The maximum atomic E-state index is 10.7. The Bertz CT molecular complexity index is 833. The van der Waals surface area contributed by atoms with E-state index in [2.05, 4.69) is 10.4 Å². The number of para-hydroxylation sites is 1. The summed E-state index contributed by atoms with van der Waals surface area (Å²) in [7, 11) is 0. The average molecular weight is 329 g/mol. The molecule has 23 heavy (non-hydrogen) atoms. The van der Waals surface area contributed by atoms with Crippen molar-refractivity contribution in [3.8, 4) is 5.69 Å². The molecule has 0 radical (unpaired) electrons. The van der Waals surface area contributed by atoms with Gasteiger partial charge < -0.3 is 5.32 Å². The minimum Gasteiger partial charge on any atom is -0.380 e. The summed E-state index contributed by atoms with van der Waals surface area (Å²) in [5.41, 5.74) is 2.57. The molecule has 0 amide bonds. The van der Waals surface area contributed by atoms with Crippen molar-refractivity contribution in [2.24, 2.45) is 0 Å². The first-order valence-electron chi connectivity index (χ1n) is 6.90. The Balaban J connectivity index is 1.70. The predicted octanol–water partition coefficient (Wildman–Crippen LogP) is 4.05. The molecule has 1 N–H and O–H groups in total. The molecule has 3 aromatic rings. The predicted molar refractivity (Wildman–Crippen MR) is 89.0 cm³/mol. The Kier molecular flexibility index (Phi) is 4.25. The van der Waals surface area contributed by atoms with E-state index in [1.807, 2.05) is 36.5 Å². The van der Waals surface area contributed by atoms with Crippen molar-refractivity contribution >= 4 is 23.0 Å². The van der Waals surface area contributed by atoms with Gasteiger partial charge >= 0.3 is 0 Å². The third-order valence-electron chi connectivity index (χ3n) is 3.30. The molecule has 0 aliphatic heterocycles. The third kappa shape index (κ3) is 3.49. The van der Waals surface area contributed by atoms with Gasteiger partial charge in [0.2, 0.25) is 0 Å². The van der Waals surface area contributed by atoms with Gasteiger partial charge in [0.1, 0.15) is 0 Å². The van der Waals surface area contributed by atoms with Gasteiger partial charge in [-0.15, -0.1) is 0 Å². The smallest absolute Gasteiger partial charge is 0.271 e. The molecule has 0 aliphatic carbocycles. The lowest BCUT2D eigenvalue weighted by Crippen LogP contribution is -2.00. The van der Waals surface area contributed by atoms with Crippen LogP contribution in [0.4, 0.5) is 11.4 Å². The van der Waals surface area contributed by atoms with E-state index in [4.69, 9.17) is 11.6 Å². The molecule has 0 bridgehead atoms. The van der Waals surface area contributed by atoms with Crippen LogP contribution in [-0.2, 0) is 6.54 Å². The maximum Gasteiger partial charge on any atom is 0.271 e. The van der Waals surface area contributed by atoms with Gasteiger partial charge in [0.25, 0.3) is 5.69 Å². The highest BCUT2D eigenvalue weighted by atomic mass is 35.5. The molecule has 0 aliphatic rings. The molecule has 0 saturated carbocycles. The van der Waals surface area contributed by atoms with E-state index in [-0.39, 0.29) is 5.69 Å². The summed E-state index contributed by atoms with van der Waals surface area (Å²) in [6, 6.07) is 14.1. The van der Waals surface area contributed by atoms with Crippen LogP contribution in [0.3, 0.4) is 0 Å². The monoisotopic (exact) mass is 328 g/mol. The molecule has 3 rings (SSSR count). The van der Waals surface area contributed by atoms with Gasteiger partial charge in [-0.1, -0.05) is 29.8 Å². The second-order valence-electron chi connectivity index (χ2n) is 4.90. The normalized spacial score (nSPS) is 10.5. The van der Waals surface area contributed by atoms with Crippen LogP contribution >= 0.6 is 11.6 Å². The Morgan fingerprint density at radius 1 is 1.22 bits per heavy atom. The van der Waals surface area contributed by atoms with Crippen LogP contribution in [-0.4, -0.2) is 14.7 Å². The lowest BCUT2D eigenvalue weighted by molar-refractivity contribution is -0.384. The van der Waals surface area contributed by atoms with Crippen LogP contribution in [0.1, 0.15) is 5.56 Å². The second kappa shape index (κ2) is 6.50. The zero-order chi connectivity index (χ0) is 16.2. The molecule has 0 fully saturated rings. The fourth-order valence-electron chi connectivity index (χ4n) is 2.13. The maximum absolute atomic E-state index is 10.7. The van der Waals surface area contributed by atoms with Gasteiger partial charge in [-0.3, -0.25) is 10.1 Å². The molecule has 0 saturated heterocycles. The van der Waals surface area contributed by atoms with E-state index in [1.54, 1.807) is 16.9 Å². The van der Waals surface area contributed by atoms with E-state index in [0.29, 0.717) is 17.3 Å². The number of nitrogens with zero attached hydrogens (tertiary/aromatic N) is 3. The van der Waals surface area contributed by atoms with E-state index in [0.717, 1.165) is 11.3 Å². The van der Waals surface area contributed by atoms with Crippen molar-refractivity contribution in [3.63, 3.8) is 0 Å². The standard InChI is InChI=1S/C16H13ClN4O2/c17-15-8-14(21(22)23)6-7-16(15)18-9-12-10-19-20(11-12)13-4-2-1-3-5-13/h1-8,10-11,18H,9H2. The van der Waals surface area contributed by atoms with Crippen LogP contribution in [0.5, 0.6) is 0 Å². The topological polar surface area (TPSA) is 73.0 Å². The Morgan fingerprint density at radius 2 is 2.00 bits per heavy atom. The van der Waals surface area contributed by atoms with Crippen molar-refractivity contribution < 1.29 is 4.92 Å². The van der Waals surface area contributed by atoms with E-state index in [1.165, 1.54) is 12.1 Å². The molecule has 0 atom stereocenters. The summed E-state index contributed by atoms with van der Waals surface area (Å²) in [5.74, 6) is 0. The SMILES string of the molecule is O=[N+]([O-])c1ccc(NCc2cnn(-c3ccccc3)c2)c(Cl)c1. The lowest BCUT2D eigenvalue weighted by Gasteiger charge is -2.06. The number of halogens is 1. The van der Waals surface area contributed by atoms with Crippen LogP contribution < -0.4 is 5.32 Å². The van der Waals surface area contributed by atoms with Crippen LogP contribution in [0.2, 0.25) is 5.02 Å². The lowest BCUT2D eigenvalue weighted by atomic mass is 10.2. The van der Waals surface area contributed by atoms with Gasteiger partial charge in [-0.25, -0.2) is 4.68 Å². The van der Waals surface area contributed by atoms with Gasteiger partial charge in [-0.05, 0) is 18.2 Å². The van der Waals surface area contributed by atoms with Gasteiger partial charge in [0, 0.05) is 30.4 Å². The minimum absolute atomic E-state index is 0.0301. The molecular formula is C16H13ClN4O2. The van der Waals surface area contributed by atoms with Gasteiger partial charge in [0.15, 0.2) is 0 Å². The number of rotatable bonds is 5. The third-order valence-corrected chi connectivity index (χ3v) is 3.62. The molecular weight excluding hydrogens is 316 g/mol. The number of nitro groups is 1. The van der Waals surface area contributed by atoms with E-state index >= 15 is 0 Å². The number of aromatic nitrogens is 2. The average Bonchev–Trinajstić information content (AvgIpc) is 3.03. The first-order chi connectivity index (χ1) is 11.1. The molecule has 116 valence electrons. The Morgan fingerprint density at radius 3 is 2.70 bits per heavy atom. The molecule has 0 spiro atoms. The largest absolute Gasteiger partial charge is 0.380 e. The summed E-state index contributed by atoms with van der Waals surface area (Å²) in [5, 5.41) is 18.5. The van der Waals surface area contributed by atoms with Crippen molar-refractivity contribution in [3.05, 3.63) is 81.6 Å². The van der Waals surface area contributed by atoms with Crippen LogP contribution in [0, 0.1) is 10.1 Å². The number of nitro benzene ring substituents is 1. The van der Waals surface area contributed by atoms with Crippen molar-refractivity contribution in [2.75, 3.05) is 5.32 Å². The van der Waals surface area contributed by atoms with E-state index in [9.17, 15) is 10.1 Å². The number of nitrogens with one attached hydrogen (secondary N) is 1. The summed E-state index contributed by atoms with van der Waals surface area (Å²) in [6.07, 6.45) is 3.68. The van der Waals surface area contributed by atoms with Gasteiger partial charge in [0.05, 0.1) is 27.5 Å². The highest BCUT2D eigenvalue weighted by molar-refractivity contribution is 6.33. The summed E-state index contributed by atoms with van der Waals surface area (Å²) in [6.45, 7) is 0.518. The first kappa shape index (κ1) is 15.1. The molecule has 1 aromatic heterocycles. The molecule has 0 unspecified atom stereocenters. The number of hydrogen-bond acceptors (Lipinski definition) is 4. The van der Waals surface area contributed by atoms with Crippen LogP contribution in [0.15, 0.2) is 60.9 Å². The molecule has 6 nitrogen and oxygen atoms in total. The highest BCUT2D eigenvalue weighted by Crippen LogP contribution is 2.27. The van der Waals surface area contributed by atoms with Crippen LogP contribution in [0.25, 0.3) is 5.69 Å². The number of hydrogen-bond donors (Lipinski definition) is 1. The molecule has 1 heterocycles. The van der Waals surface area contributed by atoms with Gasteiger partial charge in [-0.2, -0.15) is 5.10 Å². The summed E-state index contributed by atoms with van der Waals surface area (Å²) in [4.78, 5) is 10.2. The quantitative estimate of drug-likeness (QED) is 0.566. The first-order valence-corrected chi connectivity index (χ1v) is 7.28. The second-order valence-corrected chi connectivity index (χ2v) is 5.31. The summed E-state index contributed by atoms with van der Waals surface area (Å²) < 4.78 is 1.79. The Hall–Kier alpha value is -2.86. The fraction of sp³-hybridized carbons (Fsp3) is 0.0625. The van der Waals surface area contributed by atoms with E-state index < -0.39 is 4.92 Å². The highest BCUT2D eigenvalue weighted by Gasteiger charge is 2.09. The minimum atomic E-state index is -0.473. The van der Waals surface area contributed by atoms with Crippen molar-refractivity contribution in [1.29, 1.82) is 0 Å². The number of anilines is 1. The Labute approximate surface area is 137 Å². The number of non-ortho nitro benzene ring substituents is 1. The number of benzene rings is 2. The molecule has 7 heteroatoms. The summed E-state index contributed by atoms with van der Waals surface area (Å²) >= 11 is 6.05. The fourth-order valence-corrected chi connectivity index (χ4v) is 2.37. The van der Waals surface area contributed by atoms with Crippen molar-refractivity contribution in [2.45, 2.75) is 6.54 Å². The zero-order valence-electron chi connectivity index (χ0n) is 12.0. The molecule has 2 aromatic carbocycles.